The molecule has 3 rings (SSSR count). The molecule has 2 aromatic heterocycles. The van der Waals surface area contributed by atoms with E-state index in [1.165, 1.54) is 12.1 Å². The van der Waals surface area contributed by atoms with Crippen LogP contribution in [0.5, 0.6) is 0 Å². The van der Waals surface area contributed by atoms with Gasteiger partial charge in [0, 0.05) is 12.1 Å². The van der Waals surface area contributed by atoms with Crippen LogP contribution >= 0.6 is 11.6 Å². The molecule has 0 amide bonds. The Labute approximate surface area is 125 Å². The molecule has 0 saturated carbocycles. The molecule has 3 aromatic rings. The third-order valence-electron chi connectivity index (χ3n) is 3.11. The summed E-state index contributed by atoms with van der Waals surface area (Å²) in [7, 11) is 0. The second-order valence-electron chi connectivity index (χ2n) is 4.66. The highest BCUT2D eigenvalue weighted by atomic mass is 35.5. The van der Waals surface area contributed by atoms with E-state index in [0.29, 0.717) is 17.3 Å². The normalized spacial score (nSPS) is 10.8. The lowest BCUT2D eigenvalue weighted by atomic mass is 10.2. The lowest BCUT2D eigenvalue weighted by molar-refractivity contribution is 0.545. The number of furan rings is 1. The second kappa shape index (κ2) is 5.61. The van der Waals surface area contributed by atoms with Crippen LogP contribution in [0, 0.1) is 12.7 Å². The van der Waals surface area contributed by atoms with Crippen molar-refractivity contribution >= 4 is 17.3 Å². The molecular formula is C15H13ClFN3O. The summed E-state index contributed by atoms with van der Waals surface area (Å²) in [6, 6.07) is 8.02. The van der Waals surface area contributed by atoms with Gasteiger partial charge >= 0.3 is 0 Å². The molecule has 0 atom stereocenters. The van der Waals surface area contributed by atoms with Crippen LogP contribution in [0.2, 0.25) is 5.02 Å². The van der Waals surface area contributed by atoms with Crippen LogP contribution in [0.1, 0.15) is 11.3 Å². The number of benzene rings is 1. The standard InChI is InChI=1S/C15H13ClFN3O/c1-9-2-5-14(21-9)15-10(8-19-20-15)7-18-13-4-3-11(17)6-12(13)16/h2-6,8,18H,7H2,1H3,(H,19,20). The number of halogens is 2. The fourth-order valence-corrected chi connectivity index (χ4v) is 2.28. The van der Waals surface area contributed by atoms with Gasteiger partial charge in [-0.15, -0.1) is 0 Å². The zero-order valence-electron chi connectivity index (χ0n) is 11.3. The third kappa shape index (κ3) is 2.92. The number of hydrogen-bond donors (Lipinski definition) is 2. The van der Waals surface area contributed by atoms with Crippen LogP contribution in [0.25, 0.3) is 11.5 Å². The van der Waals surface area contributed by atoms with Gasteiger partial charge in [0.1, 0.15) is 17.3 Å². The van der Waals surface area contributed by atoms with Crippen molar-refractivity contribution in [3.8, 4) is 11.5 Å². The zero-order chi connectivity index (χ0) is 14.8. The highest BCUT2D eigenvalue weighted by Gasteiger charge is 2.11. The predicted molar refractivity (Wildman–Crippen MR) is 79.8 cm³/mol. The first-order valence-electron chi connectivity index (χ1n) is 6.41. The van der Waals surface area contributed by atoms with Crippen molar-refractivity contribution in [2.24, 2.45) is 0 Å². The number of aromatic nitrogens is 2. The van der Waals surface area contributed by atoms with E-state index in [4.69, 9.17) is 16.0 Å². The second-order valence-corrected chi connectivity index (χ2v) is 5.07. The minimum atomic E-state index is -0.361. The Morgan fingerprint density at radius 3 is 2.90 bits per heavy atom. The zero-order valence-corrected chi connectivity index (χ0v) is 12.0. The first-order chi connectivity index (χ1) is 10.1. The summed E-state index contributed by atoms with van der Waals surface area (Å²) in [5, 5.41) is 10.5. The monoisotopic (exact) mass is 305 g/mol. The predicted octanol–water partition coefficient (Wildman–Crippen LogP) is 4.38. The topological polar surface area (TPSA) is 53.9 Å². The van der Waals surface area contributed by atoms with Crippen LogP contribution in [0.15, 0.2) is 40.9 Å². The van der Waals surface area contributed by atoms with Crippen LogP contribution in [0.4, 0.5) is 10.1 Å². The number of nitrogens with zero attached hydrogens (tertiary/aromatic N) is 1. The van der Waals surface area contributed by atoms with Crippen molar-refractivity contribution in [1.29, 1.82) is 0 Å². The Bertz CT molecular complexity index is 766. The molecule has 1 aromatic carbocycles. The molecule has 0 fully saturated rings. The third-order valence-corrected chi connectivity index (χ3v) is 3.42. The van der Waals surface area contributed by atoms with Gasteiger partial charge < -0.3 is 9.73 Å². The molecule has 4 nitrogen and oxygen atoms in total. The highest BCUT2D eigenvalue weighted by molar-refractivity contribution is 6.33. The summed E-state index contributed by atoms with van der Waals surface area (Å²) in [5.74, 6) is 1.20. The van der Waals surface area contributed by atoms with E-state index in [0.717, 1.165) is 22.8 Å². The van der Waals surface area contributed by atoms with Gasteiger partial charge in [-0.3, -0.25) is 5.10 Å². The first-order valence-corrected chi connectivity index (χ1v) is 6.79. The van der Waals surface area contributed by atoms with E-state index >= 15 is 0 Å². The number of aromatic amines is 1. The Morgan fingerprint density at radius 1 is 1.33 bits per heavy atom. The molecule has 2 heterocycles. The van der Waals surface area contributed by atoms with Crippen LogP contribution < -0.4 is 5.32 Å². The lowest BCUT2D eigenvalue weighted by Gasteiger charge is -2.08. The number of aryl methyl sites for hydroxylation is 1. The summed E-state index contributed by atoms with van der Waals surface area (Å²) in [5.41, 5.74) is 2.42. The van der Waals surface area contributed by atoms with Crippen molar-refractivity contribution in [3.05, 3.63) is 58.7 Å². The Balaban J connectivity index is 1.79. The summed E-state index contributed by atoms with van der Waals surface area (Å²) in [4.78, 5) is 0. The van der Waals surface area contributed by atoms with E-state index in [1.54, 1.807) is 12.3 Å². The molecule has 0 bridgehead atoms. The molecule has 0 unspecified atom stereocenters. The van der Waals surface area contributed by atoms with E-state index in [9.17, 15) is 4.39 Å². The molecule has 0 aliphatic heterocycles. The van der Waals surface area contributed by atoms with E-state index < -0.39 is 0 Å². The average molecular weight is 306 g/mol. The lowest BCUT2D eigenvalue weighted by Crippen LogP contribution is -2.00. The minimum Gasteiger partial charge on any atom is -0.460 e. The molecule has 0 spiro atoms. The summed E-state index contributed by atoms with van der Waals surface area (Å²) in [6.07, 6.45) is 1.72. The minimum absolute atomic E-state index is 0.342. The van der Waals surface area contributed by atoms with Gasteiger partial charge in [-0.05, 0) is 37.3 Å². The molecule has 6 heteroatoms. The SMILES string of the molecule is Cc1ccc(-c2[nH]ncc2CNc2ccc(F)cc2Cl)o1. The average Bonchev–Trinajstić information content (AvgIpc) is 3.06. The van der Waals surface area contributed by atoms with Crippen molar-refractivity contribution in [1.82, 2.24) is 10.2 Å². The maximum absolute atomic E-state index is 13.0. The maximum atomic E-state index is 13.0. The van der Waals surface area contributed by atoms with E-state index in [1.807, 2.05) is 19.1 Å². The van der Waals surface area contributed by atoms with Crippen LogP contribution in [0.3, 0.4) is 0 Å². The highest BCUT2D eigenvalue weighted by Crippen LogP contribution is 2.26. The Hall–Kier alpha value is -2.27. The van der Waals surface area contributed by atoms with E-state index in [-0.39, 0.29) is 5.82 Å². The Kier molecular flexibility index (Phi) is 3.66. The largest absolute Gasteiger partial charge is 0.460 e. The number of rotatable bonds is 4. The van der Waals surface area contributed by atoms with Gasteiger partial charge in [-0.2, -0.15) is 5.10 Å². The molecule has 21 heavy (non-hydrogen) atoms. The van der Waals surface area contributed by atoms with Gasteiger partial charge in [-0.1, -0.05) is 11.6 Å². The molecule has 0 radical (unpaired) electrons. The fourth-order valence-electron chi connectivity index (χ4n) is 2.05. The number of anilines is 1. The molecule has 108 valence electrons. The molecule has 0 aliphatic carbocycles. The molecular weight excluding hydrogens is 293 g/mol. The molecule has 0 saturated heterocycles. The van der Waals surface area contributed by atoms with Gasteiger partial charge in [0.25, 0.3) is 0 Å². The summed E-state index contributed by atoms with van der Waals surface area (Å²) >= 11 is 5.99. The maximum Gasteiger partial charge on any atom is 0.152 e. The molecule has 0 aliphatic rings. The number of hydrogen-bond acceptors (Lipinski definition) is 3. The van der Waals surface area contributed by atoms with Crippen molar-refractivity contribution < 1.29 is 8.81 Å². The number of H-pyrrole nitrogens is 1. The smallest absolute Gasteiger partial charge is 0.152 e. The van der Waals surface area contributed by atoms with Gasteiger partial charge in [0.05, 0.1) is 16.9 Å². The van der Waals surface area contributed by atoms with Gasteiger partial charge in [-0.25, -0.2) is 4.39 Å². The number of nitrogens with one attached hydrogen (secondary N) is 2. The van der Waals surface area contributed by atoms with Crippen molar-refractivity contribution in [3.63, 3.8) is 0 Å². The van der Waals surface area contributed by atoms with Crippen molar-refractivity contribution in [2.45, 2.75) is 13.5 Å². The summed E-state index contributed by atoms with van der Waals surface area (Å²) < 4.78 is 18.6. The van der Waals surface area contributed by atoms with Gasteiger partial charge in [0.15, 0.2) is 5.76 Å². The molecule has 2 N–H and O–H groups in total. The quantitative estimate of drug-likeness (QED) is 0.752. The fraction of sp³-hybridized carbons (Fsp3) is 0.133. The van der Waals surface area contributed by atoms with Crippen molar-refractivity contribution in [2.75, 3.05) is 5.32 Å². The Morgan fingerprint density at radius 2 is 2.19 bits per heavy atom. The van der Waals surface area contributed by atoms with Gasteiger partial charge in [0.2, 0.25) is 0 Å². The van der Waals surface area contributed by atoms with E-state index in [2.05, 4.69) is 15.5 Å². The first kappa shape index (κ1) is 13.7. The van der Waals surface area contributed by atoms with Crippen LogP contribution in [-0.4, -0.2) is 10.2 Å². The summed E-state index contributed by atoms with van der Waals surface area (Å²) in [6.45, 7) is 2.38. The van der Waals surface area contributed by atoms with Crippen LogP contribution in [-0.2, 0) is 6.54 Å².